The molecular weight excluding hydrogens is 344 g/mol. The van der Waals surface area contributed by atoms with E-state index in [2.05, 4.69) is 17.6 Å². The van der Waals surface area contributed by atoms with Crippen molar-refractivity contribution < 1.29 is 22.8 Å². The Balaban J connectivity index is 2.10. The summed E-state index contributed by atoms with van der Waals surface area (Å²) in [6, 6.07) is 6.66. The third-order valence-electron chi connectivity index (χ3n) is 4.06. The second-order valence-corrected chi connectivity index (χ2v) is 8.02. The van der Waals surface area contributed by atoms with Crippen LogP contribution in [0.4, 0.5) is 5.69 Å². The van der Waals surface area contributed by atoms with Gasteiger partial charge < -0.3 is 9.64 Å². The van der Waals surface area contributed by atoms with Crippen molar-refractivity contribution in [2.75, 3.05) is 44.4 Å². The SMILES string of the molecule is COc1ccccc1N(CC(=O)NN=C1CC[NH+](C)CC1)S(C)(=O)=O. The van der Waals surface area contributed by atoms with Crippen LogP contribution in [-0.2, 0) is 14.8 Å². The molecule has 138 valence electrons. The van der Waals surface area contributed by atoms with Gasteiger partial charge in [-0.1, -0.05) is 12.1 Å². The molecule has 1 amide bonds. The fourth-order valence-electron chi connectivity index (χ4n) is 2.60. The van der Waals surface area contributed by atoms with Crippen LogP contribution in [0.15, 0.2) is 29.4 Å². The number of anilines is 1. The molecule has 1 aromatic rings. The van der Waals surface area contributed by atoms with Gasteiger partial charge in [-0.15, -0.1) is 0 Å². The van der Waals surface area contributed by atoms with Crippen LogP contribution in [0, 0.1) is 0 Å². The van der Waals surface area contributed by atoms with Crippen LogP contribution in [0.1, 0.15) is 12.8 Å². The van der Waals surface area contributed by atoms with E-state index in [1.807, 2.05) is 0 Å². The summed E-state index contributed by atoms with van der Waals surface area (Å²) in [5, 5.41) is 4.14. The zero-order chi connectivity index (χ0) is 18.4. The second kappa shape index (κ2) is 8.30. The summed E-state index contributed by atoms with van der Waals surface area (Å²) in [6.45, 7) is 1.60. The fourth-order valence-corrected chi connectivity index (χ4v) is 3.46. The van der Waals surface area contributed by atoms with Crippen molar-refractivity contribution in [3.8, 4) is 5.75 Å². The topological polar surface area (TPSA) is 92.5 Å². The molecule has 25 heavy (non-hydrogen) atoms. The summed E-state index contributed by atoms with van der Waals surface area (Å²) >= 11 is 0. The average molecular weight is 369 g/mol. The molecule has 9 heteroatoms. The summed E-state index contributed by atoms with van der Waals surface area (Å²) < 4.78 is 30.5. The zero-order valence-corrected chi connectivity index (χ0v) is 15.6. The Kier molecular flexibility index (Phi) is 6.38. The van der Waals surface area contributed by atoms with Crippen molar-refractivity contribution in [3.05, 3.63) is 24.3 Å². The van der Waals surface area contributed by atoms with Gasteiger partial charge in [-0.05, 0) is 12.1 Å². The van der Waals surface area contributed by atoms with Gasteiger partial charge in [-0.2, -0.15) is 5.10 Å². The van der Waals surface area contributed by atoms with E-state index < -0.39 is 15.9 Å². The largest absolute Gasteiger partial charge is 0.495 e. The predicted molar refractivity (Wildman–Crippen MR) is 96.6 cm³/mol. The van der Waals surface area contributed by atoms with Crippen molar-refractivity contribution in [1.29, 1.82) is 0 Å². The number of nitrogens with zero attached hydrogens (tertiary/aromatic N) is 2. The average Bonchev–Trinajstić information content (AvgIpc) is 2.58. The van der Waals surface area contributed by atoms with Crippen molar-refractivity contribution in [1.82, 2.24) is 5.43 Å². The highest BCUT2D eigenvalue weighted by molar-refractivity contribution is 7.92. The number of ether oxygens (including phenoxy) is 1. The van der Waals surface area contributed by atoms with Crippen LogP contribution >= 0.6 is 0 Å². The maximum absolute atomic E-state index is 12.2. The summed E-state index contributed by atoms with van der Waals surface area (Å²) in [7, 11) is -0.0859. The van der Waals surface area contributed by atoms with Crippen LogP contribution in [0.2, 0.25) is 0 Å². The number of quaternary nitrogens is 1. The quantitative estimate of drug-likeness (QED) is 0.645. The molecule has 8 nitrogen and oxygen atoms in total. The minimum atomic E-state index is -3.66. The van der Waals surface area contributed by atoms with Crippen LogP contribution in [0.3, 0.4) is 0 Å². The fraction of sp³-hybridized carbons (Fsp3) is 0.500. The first-order valence-electron chi connectivity index (χ1n) is 8.07. The number of hydrogen-bond acceptors (Lipinski definition) is 5. The van der Waals surface area contributed by atoms with Gasteiger partial charge in [0.05, 0.1) is 39.2 Å². The van der Waals surface area contributed by atoms with E-state index in [1.54, 1.807) is 24.3 Å². The molecule has 1 aromatic carbocycles. The number of hydrogen-bond donors (Lipinski definition) is 2. The Hall–Kier alpha value is -2.13. The highest BCUT2D eigenvalue weighted by atomic mass is 32.2. The Morgan fingerprint density at radius 3 is 2.56 bits per heavy atom. The molecular formula is C16H25N4O4S+. The lowest BCUT2D eigenvalue weighted by molar-refractivity contribution is -0.880. The molecule has 0 unspecified atom stereocenters. The molecule has 0 radical (unpaired) electrons. The smallest absolute Gasteiger partial charge is 0.260 e. The maximum atomic E-state index is 12.2. The Morgan fingerprint density at radius 1 is 1.32 bits per heavy atom. The lowest BCUT2D eigenvalue weighted by atomic mass is 10.1. The third kappa shape index (κ3) is 5.43. The van der Waals surface area contributed by atoms with E-state index in [4.69, 9.17) is 4.74 Å². The predicted octanol–water partition coefficient (Wildman–Crippen LogP) is -0.758. The Morgan fingerprint density at radius 2 is 1.96 bits per heavy atom. The van der Waals surface area contributed by atoms with E-state index in [1.165, 1.54) is 12.0 Å². The number of methoxy groups -OCH3 is 1. The monoisotopic (exact) mass is 369 g/mol. The van der Waals surface area contributed by atoms with Gasteiger partial charge in [0, 0.05) is 18.6 Å². The Labute approximate surface area is 148 Å². The number of benzene rings is 1. The molecule has 0 atom stereocenters. The molecule has 1 aliphatic rings. The minimum absolute atomic E-state index is 0.318. The number of nitrogens with one attached hydrogen (secondary N) is 2. The Bertz CT molecular complexity index is 738. The first kappa shape index (κ1) is 19.2. The molecule has 0 aromatic heterocycles. The molecule has 0 spiro atoms. The maximum Gasteiger partial charge on any atom is 0.260 e. The first-order valence-corrected chi connectivity index (χ1v) is 9.92. The number of piperidine rings is 1. The summed E-state index contributed by atoms with van der Waals surface area (Å²) in [5.41, 5.74) is 3.72. The first-order chi connectivity index (χ1) is 11.8. The number of amides is 1. The molecule has 1 heterocycles. The van der Waals surface area contributed by atoms with Gasteiger partial charge in [0.2, 0.25) is 10.0 Å². The highest BCUT2D eigenvalue weighted by Gasteiger charge is 2.24. The van der Waals surface area contributed by atoms with Crippen molar-refractivity contribution in [2.24, 2.45) is 5.10 Å². The summed E-state index contributed by atoms with van der Waals surface area (Å²) in [6.07, 6.45) is 2.71. The molecule has 2 N–H and O–H groups in total. The number of sulfonamides is 1. The van der Waals surface area contributed by atoms with Crippen molar-refractivity contribution in [2.45, 2.75) is 12.8 Å². The highest BCUT2D eigenvalue weighted by Crippen LogP contribution is 2.29. The molecule has 0 saturated carbocycles. The normalized spacial score (nSPS) is 17.7. The number of rotatable bonds is 6. The molecule has 1 fully saturated rings. The summed E-state index contributed by atoms with van der Waals surface area (Å²) in [4.78, 5) is 13.6. The van der Waals surface area contributed by atoms with E-state index in [0.29, 0.717) is 11.4 Å². The van der Waals surface area contributed by atoms with E-state index in [0.717, 1.165) is 42.2 Å². The van der Waals surface area contributed by atoms with E-state index in [9.17, 15) is 13.2 Å². The second-order valence-electron chi connectivity index (χ2n) is 6.11. The van der Waals surface area contributed by atoms with Gasteiger partial charge in [0.25, 0.3) is 5.91 Å². The molecule has 2 rings (SSSR count). The number of carbonyl (C=O) groups excluding carboxylic acids is 1. The molecule has 1 saturated heterocycles. The number of para-hydroxylation sites is 2. The number of carbonyl (C=O) groups is 1. The van der Waals surface area contributed by atoms with Gasteiger partial charge in [0.1, 0.15) is 12.3 Å². The van der Waals surface area contributed by atoms with E-state index >= 15 is 0 Å². The summed E-state index contributed by atoms with van der Waals surface area (Å²) in [5.74, 6) is -0.111. The standard InChI is InChI=1S/C16H24N4O4S/c1-19-10-8-13(9-11-19)17-18-16(21)12-20(25(3,22)23)14-6-4-5-7-15(14)24-2/h4-7H,8-12H2,1-3H3,(H,18,21)/p+1. The van der Waals surface area contributed by atoms with Gasteiger partial charge in [-0.25, -0.2) is 13.8 Å². The van der Waals surface area contributed by atoms with Crippen molar-refractivity contribution in [3.63, 3.8) is 0 Å². The minimum Gasteiger partial charge on any atom is -0.495 e. The number of likely N-dealkylation sites (tertiary alicyclic amines) is 1. The molecule has 0 bridgehead atoms. The van der Waals surface area contributed by atoms with Gasteiger partial charge in [-0.3, -0.25) is 9.10 Å². The van der Waals surface area contributed by atoms with Crippen LogP contribution < -0.4 is 19.4 Å². The third-order valence-corrected chi connectivity index (χ3v) is 5.19. The van der Waals surface area contributed by atoms with Gasteiger partial charge >= 0.3 is 0 Å². The zero-order valence-electron chi connectivity index (χ0n) is 14.8. The van der Waals surface area contributed by atoms with E-state index in [-0.39, 0.29) is 6.54 Å². The molecule has 1 aliphatic heterocycles. The van der Waals surface area contributed by atoms with Crippen molar-refractivity contribution >= 4 is 27.3 Å². The van der Waals surface area contributed by atoms with Crippen LogP contribution in [-0.4, -0.2) is 60.1 Å². The lowest BCUT2D eigenvalue weighted by Crippen LogP contribution is -3.10. The molecule has 0 aliphatic carbocycles. The van der Waals surface area contributed by atoms with Crippen LogP contribution in [0.25, 0.3) is 0 Å². The number of hydrazone groups is 1. The van der Waals surface area contributed by atoms with Crippen LogP contribution in [0.5, 0.6) is 5.75 Å². The lowest BCUT2D eigenvalue weighted by Gasteiger charge is -2.23. The van der Waals surface area contributed by atoms with Gasteiger partial charge in [0.15, 0.2) is 0 Å².